The van der Waals surface area contributed by atoms with Gasteiger partial charge in [-0.05, 0) is 66.6 Å². The zero-order valence-corrected chi connectivity index (χ0v) is 17.8. The second kappa shape index (κ2) is 9.35. The van der Waals surface area contributed by atoms with Gasteiger partial charge in [-0.15, -0.1) is 0 Å². The molecule has 0 amide bonds. The number of rotatable bonds is 3. The number of hydrogen-bond donors (Lipinski definition) is 1. The molecular formula is C24H24F3N3O3. The van der Waals surface area contributed by atoms with Crippen molar-refractivity contribution < 1.29 is 27.5 Å². The number of carboxylic acid groups (broad SMARTS) is 1. The van der Waals surface area contributed by atoms with Crippen LogP contribution in [0.1, 0.15) is 47.6 Å². The first-order valence-corrected chi connectivity index (χ1v) is 10.7. The molecule has 1 unspecified atom stereocenters. The molecule has 0 radical (unpaired) electrons. The molecule has 1 saturated heterocycles. The monoisotopic (exact) mass is 459 g/mol. The summed E-state index contributed by atoms with van der Waals surface area (Å²) in [4.78, 5) is 19.9. The minimum Gasteiger partial charge on any atom is -0.475 e. The van der Waals surface area contributed by atoms with E-state index in [0.29, 0.717) is 5.92 Å². The number of halogens is 3. The van der Waals surface area contributed by atoms with E-state index in [1.807, 2.05) is 18.5 Å². The molecule has 5 rings (SSSR count). The molecule has 1 spiro atoms. The maximum atomic E-state index is 10.6. The van der Waals surface area contributed by atoms with E-state index >= 15 is 0 Å². The normalized spacial score (nSPS) is 19.5. The van der Waals surface area contributed by atoms with Crippen LogP contribution in [0.4, 0.5) is 13.2 Å². The summed E-state index contributed by atoms with van der Waals surface area (Å²) < 4.78 is 37.3. The van der Waals surface area contributed by atoms with Gasteiger partial charge in [-0.2, -0.15) is 13.2 Å². The van der Waals surface area contributed by atoms with Gasteiger partial charge in [0.05, 0.1) is 12.8 Å². The zero-order chi connectivity index (χ0) is 23.5. The first-order valence-electron chi connectivity index (χ1n) is 10.7. The first kappa shape index (κ1) is 23.0. The van der Waals surface area contributed by atoms with Gasteiger partial charge in [-0.3, -0.25) is 4.90 Å². The van der Waals surface area contributed by atoms with E-state index in [-0.39, 0.29) is 5.41 Å². The molecule has 1 N–H and O–H groups in total. The lowest BCUT2D eigenvalue weighted by molar-refractivity contribution is -0.192. The van der Waals surface area contributed by atoms with E-state index in [1.165, 1.54) is 30.4 Å². The van der Waals surface area contributed by atoms with Crippen LogP contribution in [0.3, 0.4) is 0 Å². The van der Waals surface area contributed by atoms with Crippen molar-refractivity contribution in [2.24, 2.45) is 0 Å². The van der Waals surface area contributed by atoms with Crippen molar-refractivity contribution in [2.75, 3.05) is 13.1 Å². The number of carboxylic acids is 1. The SMILES string of the molecule is O=C(O)C(F)(F)F.c1coc(CN2CCC3(CC2)CC(c2cncnc2)c2ccccc23)c1. The summed E-state index contributed by atoms with van der Waals surface area (Å²) in [5.41, 5.74) is 4.56. The number of aliphatic carboxylic acids is 1. The highest BCUT2D eigenvalue weighted by Gasteiger charge is 2.45. The number of alkyl halides is 3. The van der Waals surface area contributed by atoms with Crippen molar-refractivity contribution in [1.82, 2.24) is 14.9 Å². The Bertz CT molecular complexity index is 1060. The van der Waals surface area contributed by atoms with E-state index in [9.17, 15) is 13.2 Å². The van der Waals surface area contributed by atoms with Crippen molar-refractivity contribution >= 4 is 5.97 Å². The van der Waals surface area contributed by atoms with Crippen LogP contribution in [0.2, 0.25) is 0 Å². The Morgan fingerprint density at radius 1 is 1.12 bits per heavy atom. The van der Waals surface area contributed by atoms with E-state index in [1.54, 1.807) is 18.2 Å². The van der Waals surface area contributed by atoms with Crippen LogP contribution < -0.4 is 0 Å². The summed E-state index contributed by atoms with van der Waals surface area (Å²) in [6.45, 7) is 3.15. The van der Waals surface area contributed by atoms with Gasteiger partial charge in [0.2, 0.25) is 0 Å². The van der Waals surface area contributed by atoms with Crippen LogP contribution in [0.15, 0.2) is 65.8 Å². The van der Waals surface area contributed by atoms with E-state index in [0.717, 1.165) is 25.4 Å². The molecule has 0 bridgehead atoms. The quantitative estimate of drug-likeness (QED) is 0.608. The molecule has 9 heteroatoms. The molecule has 174 valence electrons. The number of benzene rings is 1. The molecule has 33 heavy (non-hydrogen) atoms. The Hall–Kier alpha value is -3.20. The summed E-state index contributed by atoms with van der Waals surface area (Å²) in [6.07, 6.45) is 5.85. The Kier molecular flexibility index (Phi) is 6.51. The van der Waals surface area contributed by atoms with Crippen molar-refractivity contribution in [3.05, 3.63) is 83.8 Å². The predicted molar refractivity (Wildman–Crippen MR) is 114 cm³/mol. The number of furan rings is 1. The first-order chi connectivity index (χ1) is 15.8. The van der Waals surface area contributed by atoms with E-state index in [2.05, 4.69) is 45.2 Å². The van der Waals surface area contributed by atoms with Gasteiger partial charge in [0.15, 0.2) is 0 Å². The second-order valence-electron chi connectivity index (χ2n) is 8.45. The molecule has 2 aromatic heterocycles. The largest absolute Gasteiger partial charge is 0.490 e. The van der Waals surface area contributed by atoms with Gasteiger partial charge >= 0.3 is 12.1 Å². The molecule has 1 aliphatic heterocycles. The average molecular weight is 459 g/mol. The predicted octanol–water partition coefficient (Wildman–Crippen LogP) is 4.77. The van der Waals surface area contributed by atoms with Crippen molar-refractivity contribution in [3.8, 4) is 0 Å². The number of carbonyl (C=O) groups is 1. The van der Waals surface area contributed by atoms with Gasteiger partial charge in [0.25, 0.3) is 0 Å². The molecule has 6 nitrogen and oxygen atoms in total. The number of likely N-dealkylation sites (tertiary alicyclic amines) is 1. The fraction of sp³-hybridized carbons (Fsp3) is 0.375. The fourth-order valence-corrected chi connectivity index (χ4v) is 4.92. The van der Waals surface area contributed by atoms with Gasteiger partial charge in [0.1, 0.15) is 12.1 Å². The molecule has 3 aromatic rings. The van der Waals surface area contributed by atoms with Crippen LogP contribution in [0, 0.1) is 0 Å². The molecule has 1 atom stereocenters. The number of fused-ring (bicyclic) bond motifs is 2. The number of hydrogen-bond acceptors (Lipinski definition) is 5. The highest BCUT2D eigenvalue weighted by atomic mass is 19.4. The maximum Gasteiger partial charge on any atom is 0.490 e. The number of aromatic nitrogens is 2. The lowest BCUT2D eigenvalue weighted by Crippen LogP contribution is -2.41. The molecule has 1 fully saturated rings. The van der Waals surface area contributed by atoms with Crippen molar-refractivity contribution in [1.29, 1.82) is 0 Å². The van der Waals surface area contributed by atoms with Gasteiger partial charge < -0.3 is 9.52 Å². The summed E-state index contributed by atoms with van der Waals surface area (Å²) in [5, 5.41) is 7.12. The van der Waals surface area contributed by atoms with Crippen molar-refractivity contribution in [3.63, 3.8) is 0 Å². The summed E-state index contributed by atoms with van der Waals surface area (Å²) >= 11 is 0. The smallest absolute Gasteiger partial charge is 0.475 e. The minimum absolute atomic E-state index is 0.288. The van der Waals surface area contributed by atoms with Crippen LogP contribution in [-0.4, -0.2) is 45.2 Å². The Morgan fingerprint density at radius 3 is 2.39 bits per heavy atom. The molecule has 1 aromatic carbocycles. The Labute approximate surface area is 189 Å². The second-order valence-corrected chi connectivity index (χ2v) is 8.45. The van der Waals surface area contributed by atoms with Crippen molar-refractivity contribution in [2.45, 2.75) is 43.3 Å². The third-order valence-electron chi connectivity index (χ3n) is 6.50. The van der Waals surface area contributed by atoms with E-state index in [4.69, 9.17) is 14.3 Å². The van der Waals surface area contributed by atoms with Crippen LogP contribution in [0.25, 0.3) is 0 Å². The topological polar surface area (TPSA) is 79.5 Å². The summed E-state index contributed by atoms with van der Waals surface area (Å²) in [5.74, 6) is -1.27. The summed E-state index contributed by atoms with van der Waals surface area (Å²) in [7, 11) is 0. The zero-order valence-electron chi connectivity index (χ0n) is 17.8. The van der Waals surface area contributed by atoms with Gasteiger partial charge in [-0.1, -0.05) is 24.3 Å². The standard InChI is InChI=1S/C22H23N3O.C2HF3O2/c1-2-6-21-19(5-1)20(17-13-23-16-24-14-17)12-22(21)7-9-25(10-8-22)15-18-4-3-11-26-18;3-2(4,5)1(6)7/h1-6,11,13-14,16,20H,7-10,12,15H2;(H,6,7). The summed E-state index contributed by atoms with van der Waals surface area (Å²) in [6, 6.07) is 13.1. The third-order valence-corrected chi connectivity index (χ3v) is 6.50. The molecular weight excluding hydrogens is 435 g/mol. The Balaban J connectivity index is 0.000000325. The number of nitrogens with zero attached hydrogens (tertiary/aromatic N) is 3. The maximum absolute atomic E-state index is 10.6. The fourth-order valence-electron chi connectivity index (χ4n) is 4.92. The van der Waals surface area contributed by atoms with E-state index < -0.39 is 12.1 Å². The molecule has 1 aliphatic carbocycles. The minimum atomic E-state index is -5.08. The lowest BCUT2D eigenvalue weighted by atomic mass is 9.73. The van der Waals surface area contributed by atoms with Crippen LogP contribution >= 0.6 is 0 Å². The lowest BCUT2D eigenvalue weighted by Gasteiger charge is -2.40. The van der Waals surface area contributed by atoms with Gasteiger partial charge in [-0.25, -0.2) is 14.8 Å². The van der Waals surface area contributed by atoms with Crippen LogP contribution in [0.5, 0.6) is 0 Å². The van der Waals surface area contributed by atoms with Crippen LogP contribution in [-0.2, 0) is 16.8 Å². The highest BCUT2D eigenvalue weighted by Crippen LogP contribution is 2.53. The Morgan fingerprint density at radius 2 is 1.79 bits per heavy atom. The number of piperidine rings is 1. The molecule has 2 aliphatic rings. The van der Waals surface area contributed by atoms with Gasteiger partial charge in [0, 0.05) is 18.3 Å². The molecule has 3 heterocycles. The average Bonchev–Trinajstić information content (AvgIpc) is 3.43. The highest BCUT2D eigenvalue weighted by molar-refractivity contribution is 5.73. The third kappa shape index (κ3) is 5.08. The molecule has 0 saturated carbocycles.